The summed E-state index contributed by atoms with van der Waals surface area (Å²) in [6.45, 7) is 4.75. The third kappa shape index (κ3) is 37.5. The highest BCUT2D eigenvalue weighted by Gasteiger charge is 2.25. The van der Waals surface area contributed by atoms with Crippen molar-refractivity contribution in [3.05, 3.63) is 48.6 Å². The fraction of sp³-hybridized carbons (Fsp3) is 0.775. The Morgan fingerprint density at radius 1 is 0.633 bits per heavy atom. The Bertz CT molecular complexity index is 890. The highest BCUT2D eigenvalue weighted by Crippen LogP contribution is 2.43. The predicted molar refractivity (Wildman–Crippen MR) is 206 cm³/mol. The Kier molecular flexibility index (Phi) is 36.5. The van der Waals surface area contributed by atoms with Crippen LogP contribution in [0.3, 0.4) is 0 Å². The molecule has 9 heteroatoms. The largest absolute Gasteiger partial charge is 0.472 e. The van der Waals surface area contributed by atoms with Crippen molar-refractivity contribution in [3.8, 4) is 0 Å². The van der Waals surface area contributed by atoms with Gasteiger partial charge in [-0.15, -0.1) is 0 Å². The van der Waals surface area contributed by atoms with Gasteiger partial charge in [0.15, 0.2) is 0 Å². The van der Waals surface area contributed by atoms with Gasteiger partial charge in [0, 0.05) is 19.6 Å². The SMILES string of the molecule is CC/C=C\C/C=C\C/C=C\C/C=C\CCCCCCCCCCCOCC(COP(=O)(O)OCCN)OC(=O)CCCCCCCCCC. The first-order valence-corrected chi connectivity index (χ1v) is 21.1. The molecule has 0 aliphatic heterocycles. The van der Waals surface area contributed by atoms with Crippen molar-refractivity contribution in [2.45, 2.75) is 168 Å². The number of ether oxygens (including phenoxy) is 2. The average molecular weight is 712 g/mol. The second-order valence-electron chi connectivity index (χ2n) is 12.8. The lowest BCUT2D eigenvalue weighted by Gasteiger charge is -2.20. The van der Waals surface area contributed by atoms with Crippen molar-refractivity contribution < 1.29 is 32.8 Å². The lowest BCUT2D eigenvalue weighted by atomic mass is 10.1. The zero-order valence-electron chi connectivity index (χ0n) is 31.4. The van der Waals surface area contributed by atoms with Crippen LogP contribution in [0.15, 0.2) is 48.6 Å². The van der Waals surface area contributed by atoms with E-state index in [4.69, 9.17) is 24.3 Å². The highest BCUT2D eigenvalue weighted by atomic mass is 31.2. The van der Waals surface area contributed by atoms with E-state index in [9.17, 15) is 14.3 Å². The molecule has 0 spiro atoms. The second kappa shape index (κ2) is 37.7. The van der Waals surface area contributed by atoms with E-state index in [2.05, 4.69) is 62.5 Å². The first-order valence-electron chi connectivity index (χ1n) is 19.6. The minimum atomic E-state index is -4.27. The summed E-state index contributed by atoms with van der Waals surface area (Å²) >= 11 is 0. The van der Waals surface area contributed by atoms with Gasteiger partial charge < -0.3 is 20.1 Å². The number of rotatable bonds is 37. The molecular weight excluding hydrogens is 637 g/mol. The van der Waals surface area contributed by atoms with Crippen LogP contribution in [-0.2, 0) is 27.9 Å². The molecule has 3 N–H and O–H groups in total. The predicted octanol–water partition coefficient (Wildman–Crippen LogP) is 11.2. The monoisotopic (exact) mass is 712 g/mol. The number of esters is 1. The molecule has 0 radical (unpaired) electrons. The van der Waals surface area contributed by atoms with Gasteiger partial charge in [0.1, 0.15) is 6.10 Å². The van der Waals surface area contributed by atoms with Gasteiger partial charge in [0.2, 0.25) is 0 Å². The van der Waals surface area contributed by atoms with Gasteiger partial charge in [-0.3, -0.25) is 13.8 Å². The maximum atomic E-state index is 12.4. The molecule has 0 heterocycles. The maximum absolute atomic E-state index is 12.4. The lowest BCUT2D eigenvalue weighted by Crippen LogP contribution is -2.28. The molecule has 0 bridgehead atoms. The molecule has 2 atom stereocenters. The summed E-state index contributed by atoms with van der Waals surface area (Å²) in [7, 11) is -4.27. The number of phosphoric acid groups is 1. The smallest absolute Gasteiger partial charge is 0.457 e. The molecule has 2 unspecified atom stereocenters. The van der Waals surface area contributed by atoms with Crippen molar-refractivity contribution in [2.24, 2.45) is 5.73 Å². The average Bonchev–Trinajstić information content (AvgIpc) is 3.09. The van der Waals surface area contributed by atoms with E-state index < -0.39 is 13.9 Å². The van der Waals surface area contributed by atoms with Crippen LogP contribution in [0, 0.1) is 0 Å². The quantitative estimate of drug-likeness (QED) is 0.0283. The van der Waals surface area contributed by atoms with Crippen molar-refractivity contribution >= 4 is 13.8 Å². The summed E-state index contributed by atoms with van der Waals surface area (Å²) in [5, 5.41) is 0. The summed E-state index contributed by atoms with van der Waals surface area (Å²) in [5.74, 6) is -0.339. The van der Waals surface area contributed by atoms with Gasteiger partial charge in [0.25, 0.3) is 0 Å². The number of carbonyl (C=O) groups is 1. The van der Waals surface area contributed by atoms with Gasteiger partial charge in [0.05, 0.1) is 19.8 Å². The second-order valence-corrected chi connectivity index (χ2v) is 14.2. The zero-order valence-corrected chi connectivity index (χ0v) is 32.3. The van der Waals surface area contributed by atoms with Crippen LogP contribution in [0.1, 0.15) is 162 Å². The topological polar surface area (TPSA) is 117 Å². The molecule has 8 nitrogen and oxygen atoms in total. The molecule has 0 fully saturated rings. The molecule has 0 aliphatic carbocycles. The number of phosphoric ester groups is 1. The fourth-order valence-electron chi connectivity index (χ4n) is 5.16. The molecule has 0 aromatic rings. The molecule has 0 saturated carbocycles. The van der Waals surface area contributed by atoms with Crippen LogP contribution >= 0.6 is 7.82 Å². The van der Waals surface area contributed by atoms with E-state index in [0.29, 0.717) is 13.0 Å². The Morgan fingerprint density at radius 3 is 1.71 bits per heavy atom. The summed E-state index contributed by atoms with van der Waals surface area (Å²) in [5.41, 5.74) is 5.34. The first-order chi connectivity index (χ1) is 23.9. The Labute approximate surface area is 301 Å². The summed E-state index contributed by atoms with van der Waals surface area (Å²) < 4.78 is 33.2. The minimum absolute atomic E-state index is 0.0974. The van der Waals surface area contributed by atoms with E-state index in [-0.39, 0.29) is 32.3 Å². The van der Waals surface area contributed by atoms with Crippen LogP contribution in [0.25, 0.3) is 0 Å². The number of hydrogen-bond donors (Lipinski definition) is 2. The highest BCUT2D eigenvalue weighted by molar-refractivity contribution is 7.47. The van der Waals surface area contributed by atoms with Gasteiger partial charge in [-0.1, -0.05) is 152 Å². The molecular formula is C40H74NO7P. The van der Waals surface area contributed by atoms with E-state index in [1.54, 1.807) is 0 Å². The van der Waals surface area contributed by atoms with E-state index in [1.165, 1.54) is 83.5 Å². The molecule has 0 saturated heterocycles. The number of hydrogen-bond acceptors (Lipinski definition) is 7. The van der Waals surface area contributed by atoms with Crippen LogP contribution in [0.5, 0.6) is 0 Å². The third-order valence-corrected chi connectivity index (χ3v) is 8.99. The summed E-state index contributed by atoms with van der Waals surface area (Å²) in [4.78, 5) is 22.3. The van der Waals surface area contributed by atoms with E-state index in [1.807, 2.05) is 0 Å². The normalized spacial score (nSPS) is 14.1. The van der Waals surface area contributed by atoms with Crippen LogP contribution < -0.4 is 5.73 Å². The first kappa shape index (κ1) is 47.5. The van der Waals surface area contributed by atoms with Crippen molar-refractivity contribution in [2.75, 3.05) is 33.0 Å². The van der Waals surface area contributed by atoms with Gasteiger partial charge in [-0.2, -0.15) is 0 Å². The molecule has 0 amide bonds. The minimum Gasteiger partial charge on any atom is -0.457 e. The third-order valence-electron chi connectivity index (χ3n) is 8.01. The zero-order chi connectivity index (χ0) is 35.9. The summed E-state index contributed by atoms with van der Waals surface area (Å²) in [6, 6.07) is 0. The Morgan fingerprint density at radius 2 is 1.14 bits per heavy atom. The Hall–Kier alpha value is -1.54. The number of allylic oxidation sites excluding steroid dienone is 8. The van der Waals surface area contributed by atoms with Crippen LogP contribution in [0.2, 0.25) is 0 Å². The van der Waals surface area contributed by atoms with Gasteiger partial charge in [-0.25, -0.2) is 4.57 Å². The van der Waals surface area contributed by atoms with Crippen LogP contribution in [0.4, 0.5) is 0 Å². The van der Waals surface area contributed by atoms with Gasteiger partial charge >= 0.3 is 13.8 Å². The lowest BCUT2D eigenvalue weighted by molar-refractivity contribution is -0.154. The van der Waals surface area contributed by atoms with Crippen LogP contribution in [-0.4, -0.2) is 49.9 Å². The van der Waals surface area contributed by atoms with Crippen molar-refractivity contribution in [3.63, 3.8) is 0 Å². The molecule has 0 rings (SSSR count). The molecule has 0 aliphatic rings. The molecule has 0 aromatic carbocycles. The molecule has 49 heavy (non-hydrogen) atoms. The maximum Gasteiger partial charge on any atom is 0.472 e. The number of unbranched alkanes of at least 4 members (excludes halogenated alkanes) is 16. The van der Waals surface area contributed by atoms with E-state index >= 15 is 0 Å². The number of carbonyl (C=O) groups excluding carboxylic acids is 1. The number of nitrogens with two attached hydrogens (primary N) is 1. The molecule has 286 valence electrons. The van der Waals surface area contributed by atoms with E-state index in [0.717, 1.165) is 57.8 Å². The fourth-order valence-corrected chi connectivity index (χ4v) is 5.93. The van der Waals surface area contributed by atoms with Crippen molar-refractivity contribution in [1.29, 1.82) is 0 Å². The Balaban J connectivity index is 3.96. The summed E-state index contributed by atoms with van der Waals surface area (Å²) in [6.07, 6.45) is 42.8. The van der Waals surface area contributed by atoms with Gasteiger partial charge in [-0.05, 0) is 51.4 Å². The standard InChI is InChI=1S/C40H74NO7P/c1-3-5-7-9-11-13-14-15-16-17-18-19-20-21-22-23-24-25-26-28-30-32-35-45-37-39(38-47-49(43,44)46-36-34-41)48-40(42)33-31-29-27-12-10-8-6-4-2/h5,7,11,13,15-16,18-19,39H,3-4,6,8-10,12,14,17,20-38,41H2,1-2H3,(H,43,44)/b7-5-,13-11-,16-15-,19-18-. The molecule has 0 aromatic heterocycles. The van der Waals surface area contributed by atoms with Crippen molar-refractivity contribution in [1.82, 2.24) is 0 Å².